The van der Waals surface area contributed by atoms with Gasteiger partial charge in [0.2, 0.25) is 5.91 Å². The van der Waals surface area contributed by atoms with Crippen LogP contribution in [0.5, 0.6) is 0 Å². The molecule has 3 rings (SSSR count). The number of nitrogens with zero attached hydrogens (tertiary/aromatic N) is 1. The molecule has 2 unspecified atom stereocenters. The zero-order chi connectivity index (χ0) is 24.9. The molecule has 0 aliphatic carbocycles. The van der Waals surface area contributed by atoms with E-state index in [0.29, 0.717) is 13.0 Å². The maximum atomic E-state index is 13.5. The van der Waals surface area contributed by atoms with Gasteiger partial charge in [-0.2, -0.15) is 0 Å². The van der Waals surface area contributed by atoms with Gasteiger partial charge in [-0.25, -0.2) is 4.79 Å². The number of carbonyl (C=O) groups is 2. The van der Waals surface area contributed by atoms with Gasteiger partial charge in [0.1, 0.15) is 11.6 Å². The number of aliphatic hydroxyl groups is 1. The second kappa shape index (κ2) is 11.0. The van der Waals surface area contributed by atoms with Crippen LogP contribution in [-0.2, 0) is 22.5 Å². The van der Waals surface area contributed by atoms with Crippen molar-refractivity contribution in [3.63, 3.8) is 0 Å². The van der Waals surface area contributed by atoms with Crippen LogP contribution >= 0.6 is 0 Å². The molecule has 2 amide bonds. The summed E-state index contributed by atoms with van der Waals surface area (Å²) in [4.78, 5) is 27.9. The molecule has 2 aromatic carbocycles. The highest BCUT2D eigenvalue weighted by Crippen LogP contribution is 2.24. The normalized spacial score (nSPS) is 20.3. The van der Waals surface area contributed by atoms with Crippen LogP contribution in [-0.4, -0.2) is 52.0 Å². The van der Waals surface area contributed by atoms with Crippen molar-refractivity contribution in [2.75, 3.05) is 0 Å². The molecule has 3 N–H and O–H groups in total. The van der Waals surface area contributed by atoms with Gasteiger partial charge in [0.25, 0.3) is 0 Å². The first-order valence-electron chi connectivity index (χ1n) is 11.9. The quantitative estimate of drug-likeness (QED) is 0.553. The van der Waals surface area contributed by atoms with Crippen LogP contribution in [0.15, 0.2) is 60.7 Å². The van der Waals surface area contributed by atoms with E-state index in [9.17, 15) is 14.7 Å². The van der Waals surface area contributed by atoms with Crippen molar-refractivity contribution >= 4 is 12.0 Å². The Morgan fingerprint density at radius 3 is 2.15 bits per heavy atom. The average Bonchev–Trinajstić information content (AvgIpc) is 3.09. The molecule has 7 nitrogen and oxygen atoms in total. The van der Waals surface area contributed by atoms with E-state index in [1.165, 1.54) is 0 Å². The number of hydrogen-bond acceptors (Lipinski definition) is 5. The van der Waals surface area contributed by atoms with E-state index in [1.807, 2.05) is 74.5 Å². The Labute approximate surface area is 202 Å². The first-order valence-corrected chi connectivity index (χ1v) is 11.9. The van der Waals surface area contributed by atoms with Gasteiger partial charge in [0, 0.05) is 6.54 Å². The van der Waals surface area contributed by atoms with Crippen LogP contribution in [0.3, 0.4) is 0 Å². The Hall–Kier alpha value is -2.90. The zero-order valence-corrected chi connectivity index (χ0v) is 20.7. The fraction of sp³-hybridized carbons (Fsp3) is 0.481. The lowest BCUT2D eigenvalue weighted by Gasteiger charge is -2.29. The molecule has 0 bridgehead atoms. The minimum Gasteiger partial charge on any atom is -0.444 e. The summed E-state index contributed by atoms with van der Waals surface area (Å²) in [5.74, 6) is -0.0460. The topological polar surface area (TPSA) is 90.9 Å². The summed E-state index contributed by atoms with van der Waals surface area (Å²) in [6.07, 6.45) is -1.65. The zero-order valence-electron chi connectivity index (χ0n) is 20.7. The largest absolute Gasteiger partial charge is 0.444 e. The Balaban J connectivity index is 1.82. The molecular formula is C27H37N3O4. The minimum absolute atomic E-state index is 0.135. The second-order valence-corrected chi connectivity index (χ2v) is 10.2. The van der Waals surface area contributed by atoms with Crippen LogP contribution in [0.1, 0.15) is 45.7 Å². The lowest BCUT2D eigenvalue weighted by molar-refractivity contribution is -0.133. The summed E-state index contributed by atoms with van der Waals surface area (Å²) < 4.78 is 5.43. The number of ether oxygens (including phenoxy) is 1. The number of nitrogens with one attached hydrogen (secondary N) is 2. The van der Waals surface area contributed by atoms with E-state index in [1.54, 1.807) is 25.7 Å². The van der Waals surface area contributed by atoms with E-state index < -0.39 is 29.9 Å². The molecule has 184 valence electrons. The molecule has 1 aliphatic rings. The van der Waals surface area contributed by atoms with Gasteiger partial charge in [-0.3, -0.25) is 10.1 Å². The third kappa shape index (κ3) is 6.81. The fourth-order valence-corrected chi connectivity index (χ4v) is 4.23. The lowest BCUT2D eigenvalue weighted by Crippen LogP contribution is -2.55. The van der Waals surface area contributed by atoms with Gasteiger partial charge < -0.3 is 20.1 Å². The molecule has 4 atom stereocenters. The lowest BCUT2D eigenvalue weighted by atomic mass is 9.96. The summed E-state index contributed by atoms with van der Waals surface area (Å²) in [5, 5.41) is 17.5. The Bertz CT molecular complexity index is 943. The minimum atomic E-state index is -1.15. The van der Waals surface area contributed by atoms with Crippen LogP contribution in [0, 0.1) is 5.92 Å². The average molecular weight is 468 g/mol. The van der Waals surface area contributed by atoms with Crippen molar-refractivity contribution in [1.29, 1.82) is 0 Å². The van der Waals surface area contributed by atoms with Crippen molar-refractivity contribution in [2.24, 2.45) is 5.92 Å². The van der Waals surface area contributed by atoms with Gasteiger partial charge >= 0.3 is 6.09 Å². The Morgan fingerprint density at radius 2 is 1.62 bits per heavy atom. The first kappa shape index (κ1) is 25.7. The first-order chi connectivity index (χ1) is 16.0. The number of amides is 2. The Morgan fingerprint density at radius 1 is 1.06 bits per heavy atom. The standard InChI is InChI=1S/C27H37N3O4/c1-18(2)24-29-22(25(32)30(24)17-20-14-10-7-11-15-20)23(31)21(16-19-12-8-6-9-13-19)28-26(33)34-27(3,4)5/h6-15,18,21-24,29,31H,16-17H2,1-5H3,(H,28,33)/t21-,22?,23+,24?/m0/s1. The number of aliphatic hydroxyl groups excluding tert-OH is 1. The molecule has 2 aromatic rings. The van der Waals surface area contributed by atoms with Gasteiger partial charge in [0.05, 0.1) is 18.3 Å². The summed E-state index contributed by atoms with van der Waals surface area (Å²) in [5.41, 5.74) is 1.28. The predicted octanol–water partition coefficient (Wildman–Crippen LogP) is 3.47. The van der Waals surface area contributed by atoms with E-state index in [-0.39, 0.29) is 18.0 Å². The highest BCUT2D eigenvalue weighted by molar-refractivity contribution is 5.85. The van der Waals surface area contributed by atoms with Gasteiger partial charge in [-0.05, 0) is 44.2 Å². The summed E-state index contributed by atoms with van der Waals surface area (Å²) >= 11 is 0. The molecule has 0 radical (unpaired) electrons. The maximum Gasteiger partial charge on any atom is 0.407 e. The Kier molecular flexibility index (Phi) is 8.33. The number of alkyl carbamates (subject to hydrolysis) is 1. The number of rotatable bonds is 8. The van der Waals surface area contributed by atoms with Crippen molar-refractivity contribution in [3.8, 4) is 0 Å². The van der Waals surface area contributed by atoms with Crippen molar-refractivity contribution in [1.82, 2.24) is 15.5 Å². The van der Waals surface area contributed by atoms with E-state index in [4.69, 9.17) is 4.74 Å². The van der Waals surface area contributed by atoms with Crippen molar-refractivity contribution in [3.05, 3.63) is 71.8 Å². The monoisotopic (exact) mass is 467 g/mol. The molecule has 7 heteroatoms. The second-order valence-electron chi connectivity index (χ2n) is 10.2. The van der Waals surface area contributed by atoms with Gasteiger partial charge in [-0.15, -0.1) is 0 Å². The third-order valence-electron chi connectivity index (χ3n) is 5.82. The van der Waals surface area contributed by atoms with Crippen LogP contribution in [0.2, 0.25) is 0 Å². The summed E-state index contributed by atoms with van der Waals surface area (Å²) in [6.45, 7) is 9.88. The smallest absolute Gasteiger partial charge is 0.407 e. The highest BCUT2D eigenvalue weighted by Gasteiger charge is 2.46. The van der Waals surface area contributed by atoms with E-state index in [2.05, 4.69) is 10.6 Å². The summed E-state index contributed by atoms with van der Waals surface area (Å²) in [7, 11) is 0. The molecule has 0 spiro atoms. The molecule has 1 heterocycles. The van der Waals surface area contributed by atoms with Crippen LogP contribution < -0.4 is 10.6 Å². The van der Waals surface area contributed by atoms with Gasteiger partial charge in [0.15, 0.2) is 0 Å². The molecule has 1 fully saturated rings. The predicted molar refractivity (Wildman–Crippen MR) is 132 cm³/mol. The van der Waals surface area contributed by atoms with E-state index in [0.717, 1.165) is 11.1 Å². The molecule has 0 saturated carbocycles. The van der Waals surface area contributed by atoms with Crippen LogP contribution in [0.25, 0.3) is 0 Å². The van der Waals surface area contributed by atoms with Crippen LogP contribution in [0.4, 0.5) is 4.79 Å². The number of benzene rings is 2. The maximum absolute atomic E-state index is 13.5. The fourth-order valence-electron chi connectivity index (χ4n) is 4.23. The SMILES string of the molecule is CC(C)C1NC([C@H](O)[C@H](Cc2ccccc2)NC(=O)OC(C)(C)C)C(=O)N1Cc1ccccc1. The van der Waals surface area contributed by atoms with E-state index >= 15 is 0 Å². The number of carbonyl (C=O) groups excluding carboxylic acids is 2. The molecular weight excluding hydrogens is 430 g/mol. The molecule has 0 aromatic heterocycles. The molecule has 1 saturated heterocycles. The number of hydrogen-bond donors (Lipinski definition) is 3. The van der Waals surface area contributed by atoms with Crippen molar-refractivity contribution in [2.45, 2.75) is 77.5 Å². The third-order valence-corrected chi connectivity index (χ3v) is 5.82. The van der Waals surface area contributed by atoms with Gasteiger partial charge in [-0.1, -0.05) is 74.5 Å². The molecule has 1 aliphatic heterocycles. The highest BCUT2D eigenvalue weighted by atomic mass is 16.6. The summed E-state index contributed by atoms with van der Waals surface area (Å²) in [6, 6.07) is 17.8. The van der Waals surface area contributed by atoms with Crippen molar-refractivity contribution < 1.29 is 19.4 Å². The molecule has 34 heavy (non-hydrogen) atoms.